The van der Waals surface area contributed by atoms with Crippen molar-refractivity contribution in [3.05, 3.63) is 34.7 Å². The molecule has 0 spiro atoms. The maximum atomic E-state index is 10.8. The number of aliphatic hydroxyl groups is 1. The molecule has 0 fully saturated rings. The van der Waals surface area contributed by atoms with E-state index in [1.54, 1.807) is 0 Å². The number of aliphatic carboxylic acids is 1. The summed E-state index contributed by atoms with van der Waals surface area (Å²) in [4.78, 5) is 25.3. The molecule has 0 unspecified atom stereocenters. The lowest BCUT2D eigenvalue weighted by atomic mass is 10.2. The SMILES string of the molecule is CO.O=C(O)Cc1c(Cl)ccc2nc(C(=O)O)cn12. The molecular weight excluding hydrogens is 276 g/mol. The molecule has 19 heavy (non-hydrogen) atoms. The van der Waals surface area contributed by atoms with E-state index in [4.69, 9.17) is 26.9 Å². The molecule has 2 aromatic rings. The van der Waals surface area contributed by atoms with E-state index in [1.807, 2.05) is 0 Å². The maximum Gasteiger partial charge on any atom is 0.356 e. The summed E-state index contributed by atoms with van der Waals surface area (Å²) in [5.41, 5.74) is 0.499. The summed E-state index contributed by atoms with van der Waals surface area (Å²) in [5.74, 6) is -2.23. The van der Waals surface area contributed by atoms with Crippen molar-refractivity contribution in [1.29, 1.82) is 0 Å². The Morgan fingerprint density at radius 2 is 1.95 bits per heavy atom. The van der Waals surface area contributed by atoms with Crippen LogP contribution in [0.2, 0.25) is 5.02 Å². The number of aliphatic hydroxyl groups excluding tert-OH is 1. The third kappa shape index (κ3) is 3.21. The van der Waals surface area contributed by atoms with Crippen LogP contribution >= 0.6 is 11.6 Å². The van der Waals surface area contributed by atoms with Gasteiger partial charge in [0.25, 0.3) is 0 Å². The van der Waals surface area contributed by atoms with Gasteiger partial charge in [-0.15, -0.1) is 0 Å². The molecule has 2 heterocycles. The van der Waals surface area contributed by atoms with E-state index < -0.39 is 11.9 Å². The van der Waals surface area contributed by atoms with Gasteiger partial charge in [0.1, 0.15) is 5.65 Å². The predicted octanol–water partition coefficient (Wildman–Crippen LogP) is 0.921. The van der Waals surface area contributed by atoms with Crippen molar-refractivity contribution in [2.75, 3.05) is 7.11 Å². The van der Waals surface area contributed by atoms with E-state index in [1.165, 1.54) is 22.7 Å². The zero-order valence-corrected chi connectivity index (χ0v) is 10.6. The maximum absolute atomic E-state index is 10.8. The molecule has 0 aliphatic rings. The summed E-state index contributed by atoms with van der Waals surface area (Å²) in [6, 6.07) is 3.02. The number of rotatable bonds is 3. The Balaban J connectivity index is 0.000000861. The molecule has 0 saturated heterocycles. The van der Waals surface area contributed by atoms with Gasteiger partial charge in [0.05, 0.1) is 17.1 Å². The molecular formula is C11H11ClN2O5. The minimum Gasteiger partial charge on any atom is -0.481 e. The van der Waals surface area contributed by atoms with Gasteiger partial charge in [-0.1, -0.05) is 11.6 Å². The van der Waals surface area contributed by atoms with Crippen molar-refractivity contribution >= 4 is 29.2 Å². The highest BCUT2D eigenvalue weighted by molar-refractivity contribution is 6.31. The van der Waals surface area contributed by atoms with Crippen LogP contribution in [0.25, 0.3) is 5.65 Å². The Hall–Kier alpha value is -2.12. The van der Waals surface area contributed by atoms with E-state index in [9.17, 15) is 9.59 Å². The van der Waals surface area contributed by atoms with Crippen LogP contribution in [0.15, 0.2) is 18.3 Å². The summed E-state index contributed by atoms with van der Waals surface area (Å²) in [6.07, 6.45) is 0.952. The number of hydrogen-bond donors (Lipinski definition) is 3. The lowest BCUT2D eigenvalue weighted by molar-refractivity contribution is -0.136. The molecule has 2 aromatic heterocycles. The first-order chi connectivity index (χ1) is 8.99. The summed E-state index contributed by atoms with van der Waals surface area (Å²) in [5, 5.41) is 24.8. The number of nitrogens with zero attached hydrogens (tertiary/aromatic N) is 2. The molecule has 2 rings (SSSR count). The van der Waals surface area contributed by atoms with Crippen LogP contribution < -0.4 is 0 Å². The van der Waals surface area contributed by atoms with E-state index in [0.717, 1.165) is 7.11 Å². The fourth-order valence-corrected chi connectivity index (χ4v) is 1.72. The number of aromatic nitrogens is 2. The number of fused-ring (bicyclic) bond motifs is 1. The first kappa shape index (κ1) is 14.9. The summed E-state index contributed by atoms with van der Waals surface area (Å²) < 4.78 is 1.37. The molecule has 3 N–H and O–H groups in total. The van der Waals surface area contributed by atoms with E-state index in [0.29, 0.717) is 11.3 Å². The van der Waals surface area contributed by atoms with Crippen molar-refractivity contribution in [1.82, 2.24) is 9.38 Å². The third-order valence-electron chi connectivity index (χ3n) is 2.22. The highest BCUT2D eigenvalue weighted by Gasteiger charge is 2.14. The highest BCUT2D eigenvalue weighted by atomic mass is 35.5. The molecule has 0 aromatic carbocycles. The zero-order valence-electron chi connectivity index (χ0n) is 9.87. The third-order valence-corrected chi connectivity index (χ3v) is 2.56. The van der Waals surface area contributed by atoms with Gasteiger partial charge in [-0.2, -0.15) is 0 Å². The Kier molecular flexibility index (Phi) is 4.85. The van der Waals surface area contributed by atoms with Crippen molar-refractivity contribution in [2.45, 2.75) is 6.42 Å². The van der Waals surface area contributed by atoms with Gasteiger partial charge in [-0.05, 0) is 12.1 Å². The lowest BCUT2D eigenvalue weighted by Crippen LogP contribution is -2.06. The fraction of sp³-hybridized carbons (Fsp3) is 0.182. The van der Waals surface area contributed by atoms with Gasteiger partial charge < -0.3 is 19.7 Å². The van der Waals surface area contributed by atoms with Crippen LogP contribution in [0, 0.1) is 0 Å². The Morgan fingerprint density at radius 1 is 1.32 bits per heavy atom. The number of halogens is 1. The van der Waals surface area contributed by atoms with Crippen LogP contribution in [0.5, 0.6) is 0 Å². The van der Waals surface area contributed by atoms with Crippen LogP contribution in [0.4, 0.5) is 0 Å². The number of carboxylic acids is 2. The number of carboxylic acid groups (broad SMARTS) is 2. The molecule has 0 radical (unpaired) electrons. The molecule has 0 amide bonds. The molecule has 0 bridgehead atoms. The summed E-state index contributed by atoms with van der Waals surface area (Å²) >= 11 is 5.88. The first-order valence-corrected chi connectivity index (χ1v) is 5.43. The second kappa shape index (κ2) is 6.17. The second-order valence-corrected chi connectivity index (χ2v) is 3.77. The Bertz CT molecular complexity index is 623. The van der Waals surface area contributed by atoms with Gasteiger partial charge in [-0.25, -0.2) is 9.78 Å². The van der Waals surface area contributed by atoms with Crippen LogP contribution in [-0.4, -0.2) is 43.8 Å². The monoisotopic (exact) mass is 286 g/mol. The van der Waals surface area contributed by atoms with Gasteiger partial charge in [-0.3, -0.25) is 4.79 Å². The van der Waals surface area contributed by atoms with Gasteiger partial charge in [0.15, 0.2) is 5.69 Å². The second-order valence-electron chi connectivity index (χ2n) is 3.36. The normalized spacial score (nSPS) is 9.84. The molecule has 0 aliphatic carbocycles. The van der Waals surface area contributed by atoms with Crippen molar-refractivity contribution in [3.8, 4) is 0 Å². The van der Waals surface area contributed by atoms with Crippen LogP contribution in [0.1, 0.15) is 16.2 Å². The van der Waals surface area contributed by atoms with E-state index >= 15 is 0 Å². The van der Waals surface area contributed by atoms with E-state index in [2.05, 4.69) is 4.98 Å². The first-order valence-electron chi connectivity index (χ1n) is 5.05. The number of hydrogen-bond acceptors (Lipinski definition) is 4. The predicted molar refractivity (Wildman–Crippen MR) is 66.6 cm³/mol. The molecule has 0 saturated carbocycles. The van der Waals surface area contributed by atoms with Gasteiger partial charge in [0, 0.05) is 13.3 Å². The van der Waals surface area contributed by atoms with Gasteiger partial charge in [0.2, 0.25) is 0 Å². The lowest BCUT2D eigenvalue weighted by Gasteiger charge is -2.04. The highest BCUT2D eigenvalue weighted by Crippen LogP contribution is 2.19. The molecule has 0 atom stereocenters. The molecule has 7 nitrogen and oxygen atoms in total. The molecule has 0 aliphatic heterocycles. The van der Waals surface area contributed by atoms with Crippen molar-refractivity contribution in [3.63, 3.8) is 0 Å². The van der Waals surface area contributed by atoms with Crippen molar-refractivity contribution < 1.29 is 24.9 Å². The van der Waals surface area contributed by atoms with Crippen LogP contribution in [0.3, 0.4) is 0 Å². The average molecular weight is 287 g/mol. The minimum absolute atomic E-state index is 0.154. The standard InChI is InChI=1S/C10H7ClN2O4.CH4O/c11-5-1-2-8-12-6(10(16)17)4-13(8)7(5)3-9(14)15;1-2/h1-2,4H,3H2,(H,14,15)(H,16,17);2H,1H3. The largest absolute Gasteiger partial charge is 0.481 e. The summed E-state index contributed by atoms with van der Waals surface area (Å²) in [6.45, 7) is 0. The average Bonchev–Trinajstić information content (AvgIpc) is 2.79. The Labute approximate surface area is 112 Å². The number of carbonyl (C=O) groups is 2. The molecule has 102 valence electrons. The smallest absolute Gasteiger partial charge is 0.356 e. The number of aromatic carboxylic acids is 1. The van der Waals surface area contributed by atoms with Crippen molar-refractivity contribution in [2.24, 2.45) is 0 Å². The fourth-order valence-electron chi connectivity index (χ4n) is 1.50. The number of pyridine rings is 1. The quantitative estimate of drug-likeness (QED) is 0.773. The van der Waals surface area contributed by atoms with E-state index in [-0.39, 0.29) is 17.1 Å². The molecule has 8 heteroatoms. The topological polar surface area (TPSA) is 112 Å². The number of imidazole rings is 1. The summed E-state index contributed by atoms with van der Waals surface area (Å²) in [7, 11) is 1.00. The van der Waals surface area contributed by atoms with Crippen LogP contribution in [-0.2, 0) is 11.2 Å². The van der Waals surface area contributed by atoms with Gasteiger partial charge >= 0.3 is 11.9 Å². The Morgan fingerprint density at radius 3 is 2.47 bits per heavy atom. The zero-order chi connectivity index (χ0) is 14.6. The minimum atomic E-state index is -1.17.